The largest absolute Gasteiger partial charge is 0.333 e. The first-order valence-corrected chi connectivity index (χ1v) is 23.1. The van der Waals surface area contributed by atoms with Gasteiger partial charge in [0.05, 0.1) is 10.8 Å². The van der Waals surface area contributed by atoms with Gasteiger partial charge >= 0.3 is 0 Å². The van der Waals surface area contributed by atoms with Crippen molar-refractivity contribution in [3.05, 3.63) is 275 Å². The van der Waals surface area contributed by atoms with Crippen molar-refractivity contribution >= 4 is 0 Å². The van der Waals surface area contributed by atoms with Crippen molar-refractivity contribution in [2.45, 2.75) is 79.1 Å². The minimum Gasteiger partial charge on any atom is -0.333 e. The van der Waals surface area contributed by atoms with E-state index in [-0.39, 0.29) is 10.8 Å². The fraction of sp³-hybridized carbons (Fsp3) is 0.206. The van der Waals surface area contributed by atoms with Crippen LogP contribution >= 0.6 is 0 Å². The Morgan fingerprint density at radius 2 is 0.766 bits per heavy atom. The van der Waals surface area contributed by atoms with Gasteiger partial charge in [-0.05, 0) is 109 Å². The third-order valence-corrected chi connectivity index (χ3v) is 11.5. The van der Waals surface area contributed by atoms with Crippen LogP contribution in [0.15, 0.2) is 225 Å². The Hall–Kier alpha value is -6.54. The second kappa shape index (κ2) is 24.9. The predicted molar refractivity (Wildman–Crippen MR) is 282 cm³/mol. The standard InChI is InChI=1S/C26H22.C26H20.2C3H6.2C2H6.CH5N/c2*1-19-16-17-23-22-14-8-9-15-24(22)26(25(23)18-19,20-10-4-2-5-11-20)21-12-6-3-7-13-21;2*1-3-2;3*1-2/h2-6,8-12,14-18H,7,13H2,1H3;2-18H,1H3;2*3H,1H2,2H3;2*1-2H3;2H2,1H3. The smallest absolute Gasteiger partial charge is 0.0713 e. The molecule has 0 radical (unpaired) electrons. The molecule has 1 heteroatoms. The van der Waals surface area contributed by atoms with Crippen LogP contribution < -0.4 is 5.73 Å². The van der Waals surface area contributed by atoms with E-state index in [2.05, 4.69) is 227 Å². The molecule has 3 aliphatic carbocycles. The zero-order chi connectivity index (χ0) is 46.5. The highest BCUT2D eigenvalue weighted by Gasteiger charge is 2.47. The number of hydrogen-bond acceptors (Lipinski definition) is 1. The Morgan fingerprint density at radius 3 is 1.16 bits per heavy atom. The number of allylic oxidation sites excluding steroid dienone is 6. The van der Waals surface area contributed by atoms with Gasteiger partial charge in [-0.2, -0.15) is 0 Å². The van der Waals surface area contributed by atoms with Crippen molar-refractivity contribution < 1.29 is 0 Å². The van der Waals surface area contributed by atoms with E-state index in [1.165, 1.54) is 84.9 Å². The second-order valence-corrected chi connectivity index (χ2v) is 15.3. The van der Waals surface area contributed by atoms with Crippen LogP contribution in [-0.4, -0.2) is 7.05 Å². The molecule has 0 aliphatic heterocycles. The van der Waals surface area contributed by atoms with Crippen LogP contribution in [0, 0.1) is 13.8 Å². The summed E-state index contributed by atoms with van der Waals surface area (Å²) in [5, 5.41) is 0. The van der Waals surface area contributed by atoms with Crippen LogP contribution in [0.3, 0.4) is 0 Å². The first-order valence-electron chi connectivity index (χ1n) is 23.1. The van der Waals surface area contributed by atoms with Crippen LogP contribution in [0.1, 0.15) is 104 Å². The summed E-state index contributed by atoms with van der Waals surface area (Å²) in [6, 6.07) is 64.6. The predicted octanol–water partition coefficient (Wildman–Crippen LogP) is 17.0. The molecular weight excluding hydrogens is 771 g/mol. The molecule has 1 nitrogen and oxygen atoms in total. The molecule has 0 saturated heterocycles. The highest BCUT2D eigenvalue weighted by Crippen LogP contribution is 2.58. The third-order valence-electron chi connectivity index (χ3n) is 11.5. The van der Waals surface area contributed by atoms with E-state index in [1.807, 2.05) is 41.5 Å². The van der Waals surface area contributed by atoms with E-state index < -0.39 is 0 Å². The molecule has 0 aromatic heterocycles. The summed E-state index contributed by atoms with van der Waals surface area (Å²) >= 11 is 0. The van der Waals surface area contributed by atoms with Crippen LogP contribution in [0.2, 0.25) is 0 Å². The van der Waals surface area contributed by atoms with Crippen molar-refractivity contribution in [3.8, 4) is 22.3 Å². The van der Waals surface area contributed by atoms with Crippen LogP contribution in [0.5, 0.6) is 0 Å². The van der Waals surface area contributed by atoms with Crippen LogP contribution in [0.4, 0.5) is 0 Å². The van der Waals surface area contributed by atoms with E-state index in [1.54, 1.807) is 12.2 Å². The van der Waals surface area contributed by atoms with Gasteiger partial charge < -0.3 is 5.73 Å². The molecule has 1 unspecified atom stereocenters. The number of nitrogens with two attached hydrogens (primary N) is 1. The van der Waals surface area contributed by atoms with Gasteiger partial charge in [-0.15, -0.1) is 13.2 Å². The molecule has 0 fully saturated rings. The van der Waals surface area contributed by atoms with E-state index in [0.29, 0.717) is 0 Å². The second-order valence-electron chi connectivity index (χ2n) is 15.3. The Kier molecular flexibility index (Phi) is 19.5. The maximum absolute atomic E-state index is 4.50. The summed E-state index contributed by atoms with van der Waals surface area (Å²) in [7, 11) is 1.50. The fourth-order valence-corrected chi connectivity index (χ4v) is 9.40. The lowest BCUT2D eigenvalue weighted by Gasteiger charge is -2.36. The first kappa shape index (κ1) is 50.1. The van der Waals surface area contributed by atoms with Gasteiger partial charge in [0, 0.05) is 0 Å². The van der Waals surface area contributed by atoms with Gasteiger partial charge in [-0.3, -0.25) is 0 Å². The van der Waals surface area contributed by atoms with E-state index >= 15 is 0 Å². The fourth-order valence-electron chi connectivity index (χ4n) is 9.40. The third kappa shape index (κ3) is 9.81. The molecule has 7 aromatic rings. The zero-order valence-electron chi connectivity index (χ0n) is 40.0. The van der Waals surface area contributed by atoms with Crippen molar-refractivity contribution in [1.29, 1.82) is 0 Å². The summed E-state index contributed by atoms with van der Waals surface area (Å²) in [5.74, 6) is 0. The lowest BCUT2D eigenvalue weighted by molar-refractivity contribution is 0.692. The van der Waals surface area contributed by atoms with Gasteiger partial charge in [0.15, 0.2) is 0 Å². The van der Waals surface area contributed by atoms with E-state index in [9.17, 15) is 0 Å². The molecule has 328 valence electrons. The van der Waals surface area contributed by atoms with Crippen LogP contribution in [0.25, 0.3) is 22.3 Å². The van der Waals surface area contributed by atoms with Crippen molar-refractivity contribution in [2.75, 3.05) is 7.05 Å². The summed E-state index contributed by atoms with van der Waals surface area (Å²) in [5.41, 5.74) is 23.3. The molecule has 10 rings (SSSR count). The monoisotopic (exact) mass is 842 g/mol. The number of benzene rings is 7. The molecule has 0 spiro atoms. The van der Waals surface area contributed by atoms with Gasteiger partial charge in [0.2, 0.25) is 0 Å². The van der Waals surface area contributed by atoms with E-state index in [4.69, 9.17) is 0 Å². The average molecular weight is 842 g/mol. The van der Waals surface area contributed by atoms with Gasteiger partial charge in [0.25, 0.3) is 0 Å². The summed E-state index contributed by atoms with van der Waals surface area (Å²) in [4.78, 5) is 0. The van der Waals surface area contributed by atoms with Gasteiger partial charge in [0.1, 0.15) is 0 Å². The highest BCUT2D eigenvalue weighted by atomic mass is 14.5. The highest BCUT2D eigenvalue weighted by molar-refractivity contribution is 5.87. The lowest BCUT2D eigenvalue weighted by atomic mass is 9.65. The normalized spacial score (nSPS) is 14.6. The molecule has 3 aliphatic rings. The Morgan fingerprint density at radius 1 is 0.438 bits per heavy atom. The molecule has 64 heavy (non-hydrogen) atoms. The SMILES string of the molecule is C=CC.C=CC.CC.CC.CN.Cc1ccc2c(c1)C(C1=CC=CCC1)(c1ccccc1)c1ccccc1-2.Cc1ccc2c(c1)C(c1ccccc1)(c1ccccc1)c1ccccc1-2. The zero-order valence-corrected chi connectivity index (χ0v) is 40.0. The molecule has 0 bridgehead atoms. The first-order chi connectivity index (χ1) is 31.5. The van der Waals surface area contributed by atoms with Gasteiger partial charge in [-0.25, -0.2) is 0 Å². The Balaban J connectivity index is 0.000000227. The molecule has 7 aromatic carbocycles. The molecule has 1 atom stereocenters. The van der Waals surface area contributed by atoms with Crippen molar-refractivity contribution in [2.24, 2.45) is 5.73 Å². The molecular formula is C63H71N. The minimum absolute atomic E-state index is 0.177. The maximum Gasteiger partial charge on any atom is 0.0713 e. The number of rotatable bonds is 4. The van der Waals surface area contributed by atoms with Crippen molar-refractivity contribution in [3.63, 3.8) is 0 Å². The molecule has 0 saturated carbocycles. The topological polar surface area (TPSA) is 26.0 Å². The van der Waals surface area contributed by atoms with Crippen molar-refractivity contribution in [1.82, 2.24) is 0 Å². The van der Waals surface area contributed by atoms with Gasteiger partial charge in [-0.1, -0.05) is 251 Å². The number of aryl methyl sites for hydroxylation is 2. The molecule has 0 amide bonds. The summed E-state index contributed by atoms with van der Waals surface area (Å²) in [6.45, 7) is 22.9. The number of hydrogen-bond donors (Lipinski definition) is 1. The summed E-state index contributed by atoms with van der Waals surface area (Å²) < 4.78 is 0. The summed E-state index contributed by atoms with van der Waals surface area (Å²) in [6.07, 6.45) is 12.6. The lowest BCUT2D eigenvalue weighted by Crippen LogP contribution is -2.30. The number of fused-ring (bicyclic) bond motifs is 6. The van der Waals surface area contributed by atoms with Crippen LogP contribution in [-0.2, 0) is 10.8 Å². The Labute approximate surface area is 387 Å². The quantitative estimate of drug-likeness (QED) is 0.176. The van der Waals surface area contributed by atoms with E-state index in [0.717, 1.165) is 12.8 Å². The molecule has 2 N–H and O–H groups in total. The maximum atomic E-state index is 4.50. The minimum atomic E-state index is -0.263. The average Bonchev–Trinajstić information content (AvgIpc) is 3.83. The Bertz CT molecular complexity index is 2530. The molecule has 0 heterocycles.